The van der Waals surface area contributed by atoms with Crippen LogP contribution >= 0.6 is 0 Å². The van der Waals surface area contributed by atoms with E-state index in [1.54, 1.807) is 12.4 Å². The number of ether oxygens (including phenoxy) is 1. The minimum Gasteiger partial charge on any atom is -0.370 e. The number of nitrogens with zero attached hydrogens (tertiary/aromatic N) is 4. The molecule has 1 saturated heterocycles. The Balaban J connectivity index is 1.57. The molecule has 2 aromatic heterocycles. The summed E-state index contributed by atoms with van der Waals surface area (Å²) >= 11 is 0. The van der Waals surface area contributed by atoms with Gasteiger partial charge in [-0.25, -0.2) is 4.98 Å². The minimum absolute atomic E-state index is 0.0399. The lowest BCUT2D eigenvalue weighted by atomic mass is 10.1. The Hall–Kier alpha value is -3.17. The Morgan fingerprint density at radius 1 is 1.15 bits per heavy atom. The second-order valence-electron chi connectivity index (χ2n) is 6.71. The van der Waals surface area contributed by atoms with Gasteiger partial charge >= 0.3 is 0 Å². The molecule has 136 valence electrons. The number of benzene rings is 1. The van der Waals surface area contributed by atoms with Gasteiger partial charge in [-0.15, -0.1) is 0 Å². The number of fused-ring (bicyclic) bond motifs is 1. The number of pyridine rings is 2. The summed E-state index contributed by atoms with van der Waals surface area (Å²) in [6, 6.07) is 15.9. The zero-order chi connectivity index (χ0) is 18.6. The van der Waals surface area contributed by atoms with E-state index in [0.717, 1.165) is 35.5 Å². The first-order chi connectivity index (χ1) is 13.2. The lowest BCUT2D eigenvalue weighted by Crippen LogP contribution is -2.49. The largest absolute Gasteiger partial charge is 0.370 e. The van der Waals surface area contributed by atoms with Gasteiger partial charge in [0.1, 0.15) is 11.9 Å². The van der Waals surface area contributed by atoms with E-state index < -0.39 is 0 Å². The molecule has 6 heteroatoms. The van der Waals surface area contributed by atoms with Crippen molar-refractivity contribution < 1.29 is 4.74 Å². The van der Waals surface area contributed by atoms with E-state index >= 15 is 0 Å². The Morgan fingerprint density at radius 3 is 2.85 bits per heavy atom. The number of hydrogen-bond donors (Lipinski definition) is 1. The number of nitrogens with one attached hydrogen (secondary N) is 1. The van der Waals surface area contributed by atoms with Crippen molar-refractivity contribution in [1.82, 2.24) is 9.97 Å². The van der Waals surface area contributed by atoms with E-state index in [1.165, 1.54) is 0 Å². The van der Waals surface area contributed by atoms with Crippen LogP contribution in [-0.2, 0) is 4.74 Å². The van der Waals surface area contributed by atoms with Gasteiger partial charge in [0, 0.05) is 43.1 Å². The highest BCUT2D eigenvalue weighted by atomic mass is 16.5. The third-order valence-corrected chi connectivity index (χ3v) is 4.71. The SMILES string of the molecule is C[C@@H]1CN(c2ccc(C#N)c3ncccc23)C[C@H](CNc2ccccn2)O1. The van der Waals surface area contributed by atoms with Crippen LogP contribution in [0.1, 0.15) is 12.5 Å². The van der Waals surface area contributed by atoms with Gasteiger partial charge < -0.3 is 15.0 Å². The van der Waals surface area contributed by atoms with Gasteiger partial charge in [0.05, 0.1) is 23.3 Å². The molecule has 0 amide bonds. The maximum Gasteiger partial charge on any atom is 0.125 e. The molecule has 3 aromatic rings. The molecule has 0 saturated carbocycles. The van der Waals surface area contributed by atoms with Gasteiger partial charge in [0.2, 0.25) is 0 Å². The molecule has 4 rings (SSSR count). The average molecular weight is 359 g/mol. The first kappa shape index (κ1) is 17.3. The molecule has 0 bridgehead atoms. The van der Waals surface area contributed by atoms with Crippen LogP contribution < -0.4 is 10.2 Å². The maximum absolute atomic E-state index is 9.36. The Morgan fingerprint density at radius 2 is 2.04 bits per heavy atom. The lowest BCUT2D eigenvalue weighted by molar-refractivity contribution is -0.00823. The predicted molar refractivity (Wildman–Crippen MR) is 106 cm³/mol. The molecule has 0 aliphatic carbocycles. The van der Waals surface area contributed by atoms with Crippen LogP contribution in [0.2, 0.25) is 0 Å². The summed E-state index contributed by atoms with van der Waals surface area (Å²) in [7, 11) is 0. The van der Waals surface area contributed by atoms with Crippen LogP contribution in [0, 0.1) is 11.3 Å². The molecule has 0 unspecified atom stereocenters. The number of rotatable bonds is 4. The van der Waals surface area contributed by atoms with Gasteiger partial charge in [-0.05, 0) is 43.3 Å². The number of aromatic nitrogens is 2. The molecule has 1 aromatic carbocycles. The highest BCUT2D eigenvalue weighted by molar-refractivity contribution is 5.95. The molecular formula is C21H21N5O. The lowest BCUT2D eigenvalue weighted by Gasteiger charge is -2.38. The topological polar surface area (TPSA) is 74.1 Å². The zero-order valence-electron chi connectivity index (χ0n) is 15.2. The second kappa shape index (κ2) is 7.60. The number of anilines is 2. The van der Waals surface area contributed by atoms with E-state index in [0.29, 0.717) is 12.1 Å². The van der Waals surface area contributed by atoms with Crippen molar-refractivity contribution in [3.05, 3.63) is 60.4 Å². The smallest absolute Gasteiger partial charge is 0.125 e. The highest BCUT2D eigenvalue weighted by Crippen LogP contribution is 2.30. The third-order valence-electron chi connectivity index (χ3n) is 4.71. The van der Waals surface area contributed by atoms with Gasteiger partial charge in [-0.3, -0.25) is 4.98 Å². The van der Waals surface area contributed by atoms with E-state index in [4.69, 9.17) is 4.74 Å². The summed E-state index contributed by atoms with van der Waals surface area (Å²) in [6.45, 7) is 4.34. The van der Waals surface area contributed by atoms with Crippen LogP contribution in [0.4, 0.5) is 11.5 Å². The molecule has 0 radical (unpaired) electrons. The molecule has 1 N–H and O–H groups in total. The quantitative estimate of drug-likeness (QED) is 0.771. The van der Waals surface area contributed by atoms with Crippen molar-refractivity contribution in [2.45, 2.75) is 19.1 Å². The van der Waals surface area contributed by atoms with Gasteiger partial charge in [0.25, 0.3) is 0 Å². The van der Waals surface area contributed by atoms with Crippen molar-refractivity contribution in [2.75, 3.05) is 29.9 Å². The normalized spacial score (nSPS) is 19.6. The van der Waals surface area contributed by atoms with Crippen LogP contribution in [-0.4, -0.2) is 41.8 Å². The molecule has 27 heavy (non-hydrogen) atoms. The van der Waals surface area contributed by atoms with E-state index in [-0.39, 0.29) is 12.2 Å². The molecule has 6 nitrogen and oxygen atoms in total. The summed E-state index contributed by atoms with van der Waals surface area (Å²) in [4.78, 5) is 11.0. The third kappa shape index (κ3) is 3.69. The second-order valence-corrected chi connectivity index (χ2v) is 6.71. The molecule has 1 fully saturated rings. The van der Waals surface area contributed by atoms with Crippen molar-refractivity contribution in [3.8, 4) is 6.07 Å². The zero-order valence-corrected chi connectivity index (χ0v) is 15.2. The van der Waals surface area contributed by atoms with Crippen LogP contribution in [0.25, 0.3) is 10.9 Å². The Bertz CT molecular complexity index is 969. The van der Waals surface area contributed by atoms with Gasteiger partial charge in [0.15, 0.2) is 0 Å². The Labute approximate surface area is 158 Å². The first-order valence-corrected chi connectivity index (χ1v) is 9.08. The molecule has 1 aliphatic rings. The van der Waals surface area contributed by atoms with E-state index in [9.17, 15) is 5.26 Å². The van der Waals surface area contributed by atoms with Gasteiger partial charge in [-0.2, -0.15) is 5.26 Å². The van der Waals surface area contributed by atoms with E-state index in [2.05, 4.69) is 33.2 Å². The summed E-state index contributed by atoms with van der Waals surface area (Å²) in [5.41, 5.74) is 2.44. The number of nitriles is 1. The molecule has 2 atom stereocenters. The van der Waals surface area contributed by atoms with Crippen molar-refractivity contribution in [3.63, 3.8) is 0 Å². The highest BCUT2D eigenvalue weighted by Gasteiger charge is 2.26. The van der Waals surface area contributed by atoms with Crippen LogP contribution in [0.3, 0.4) is 0 Å². The molecule has 1 aliphatic heterocycles. The fourth-order valence-corrected chi connectivity index (χ4v) is 3.56. The van der Waals surface area contributed by atoms with E-state index in [1.807, 2.05) is 42.5 Å². The molecule has 0 spiro atoms. The van der Waals surface area contributed by atoms with Gasteiger partial charge in [-0.1, -0.05) is 6.07 Å². The number of morpholine rings is 1. The molecule has 3 heterocycles. The molecular weight excluding hydrogens is 338 g/mol. The number of hydrogen-bond acceptors (Lipinski definition) is 6. The summed E-state index contributed by atoms with van der Waals surface area (Å²) in [5, 5.41) is 13.7. The predicted octanol–water partition coefficient (Wildman–Crippen LogP) is 3.21. The van der Waals surface area contributed by atoms with Crippen LogP contribution in [0.15, 0.2) is 54.9 Å². The Kier molecular flexibility index (Phi) is 4.86. The van der Waals surface area contributed by atoms with Crippen molar-refractivity contribution in [2.24, 2.45) is 0 Å². The van der Waals surface area contributed by atoms with Crippen molar-refractivity contribution in [1.29, 1.82) is 5.26 Å². The monoisotopic (exact) mass is 359 g/mol. The standard InChI is InChI=1S/C21H21N5O/c1-15-13-26(14-17(27-15)12-25-20-6-2-3-9-23-20)19-8-7-16(11-22)21-18(19)5-4-10-24-21/h2-10,15,17H,12-14H2,1H3,(H,23,25)/t15-,17+/m1/s1. The fraction of sp³-hybridized carbons (Fsp3) is 0.286. The summed E-state index contributed by atoms with van der Waals surface area (Å²) in [5.74, 6) is 0.846. The summed E-state index contributed by atoms with van der Waals surface area (Å²) in [6.07, 6.45) is 3.65. The van der Waals surface area contributed by atoms with Crippen molar-refractivity contribution >= 4 is 22.4 Å². The van der Waals surface area contributed by atoms with Crippen LogP contribution in [0.5, 0.6) is 0 Å². The summed E-state index contributed by atoms with van der Waals surface area (Å²) < 4.78 is 6.12. The minimum atomic E-state index is 0.0399. The first-order valence-electron chi connectivity index (χ1n) is 9.08. The fourth-order valence-electron chi connectivity index (χ4n) is 3.56. The average Bonchev–Trinajstić information content (AvgIpc) is 2.72. The maximum atomic E-state index is 9.36.